The fourth-order valence-electron chi connectivity index (χ4n) is 7.62. The van der Waals surface area contributed by atoms with Gasteiger partial charge in [-0.2, -0.15) is 0 Å². The van der Waals surface area contributed by atoms with Crippen molar-refractivity contribution in [1.82, 2.24) is 9.80 Å². The van der Waals surface area contributed by atoms with Crippen LogP contribution in [0.3, 0.4) is 0 Å². The highest BCUT2D eigenvalue weighted by atomic mass is 16.7. The van der Waals surface area contributed by atoms with Crippen molar-refractivity contribution >= 4 is 5.97 Å². The van der Waals surface area contributed by atoms with Gasteiger partial charge in [-0.3, -0.25) is 9.69 Å². The zero-order chi connectivity index (χ0) is 33.3. The molecule has 0 spiro atoms. The van der Waals surface area contributed by atoms with Crippen LogP contribution in [-0.4, -0.2) is 136 Å². The number of rotatable bonds is 4. The highest BCUT2D eigenvalue weighted by Gasteiger charge is 2.50. The molecule has 0 aliphatic carbocycles. The first kappa shape index (κ1) is 37.3. The SMILES string of the molecule is C=C1CO[C@@H]2[C@@H](C)CN(C1)[C@H](C)C[C@@](C)(O)[C@H](O[C@@H]1O[C@H](C)C[C@H](N(C)C)[C@H]1O)[C@@H](C)[C@H](O)[C@@H](C)C(=O)O[C@H](CC)[C@@]2(C)O. The molecule has 3 aliphatic heterocycles. The fourth-order valence-corrected chi connectivity index (χ4v) is 7.62. The van der Waals surface area contributed by atoms with Crippen molar-refractivity contribution in [2.75, 3.05) is 33.8 Å². The number of nitrogens with zero attached hydrogens (tertiary/aromatic N) is 2. The highest BCUT2D eigenvalue weighted by Crippen LogP contribution is 2.37. The van der Waals surface area contributed by atoms with E-state index in [2.05, 4.69) is 11.5 Å². The Bertz CT molecular complexity index is 975. The van der Waals surface area contributed by atoms with E-state index in [1.807, 2.05) is 46.7 Å². The second kappa shape index (κ2) is 14.7. The van der Waals surface area contributed by atoms with Gasteiger partial charge >= 0.3 is 5.97 Å². The Morgan fingerprint density at radius 1 is 1.09 bits per heavy atom. The summed E-state index contributed by atoms with van der Waals surface area (Å²) in [4.78, 5) is 17.7. The van der Waals surface area contributed by atoms with Crippen molar-refractivity contribution in [2.24, 2.45) is 17.8 Å². The fraction of sp³-hybridized carbons (Fsp3) is 0.909. The van der Waals surface area contributed by atoms with E-state index in [-0.39, 0.29) is 37.1 Å². The number of likely N-dealkylation sites (N-methyl/N-ethyl adjacent to an activating group) is 1. The van der Waals surface area contributed by atoms with Gasteiger partial charge in [0.2, 0.25) is 0 Å². The summed E-state index contributed by atoms with van der Waals surface area (Å²) in [6.07, 6.45) is -4.92. The van der Waals surface area contributed by atoms with Crippen LogP contribution in [0.4, 0.5) is 0 Å². The van der Waals surface area contributed by atoms with Gasteiger partial charge in [0.1, 0.15) is 17.8 Å². The average molecular weight is 629 g/mol. The molecule has 3 fully saturated rings. The molecule has 3 aliphatic rings. The lowest BCUT2D eigenvalue weighted by atomic mass is 9.78. The Balaban J connectivity index is 2.08. The molecule has 3 rings (SSSR count). The van der Waals surface area contributed by atoms with E-state index in [0.29, 0.717) is 25.9 Å². The first-order valence-electron chi connectivity index (χ1n) is 16.3. The van der Waals surface area contributed by atoms with Gasteiger partial charge in [-0.25, -0.2) is 0 Å². The molecule has 3 saturated heterocycles. The summed E-state index contributed by atoms with van der Waals surface area (Å²) < 4.78 is 24.7. The molecule has 256 valence electrons. The van der Waals surface area contributed by atoms with Crippen LogP contribution in [0.25, 0.3) is 0 Å². The summed E-state index contributed by atoms with van der Waals surface area (Å²) in [7, 11) is 3.78. The van der Waals surface area contributed by atoms with Crippen LogP contribution in [0.2, 0.25) is 0 Å². The zero-order valence-electron chi connectivity index (χ0n) is 28.6. The predicted molar refractivity (Wildman–Crippen MR) is 167 cm³/mol. The molecule has 3 heterocycles. The van der Waals surface area contributed by atoms with Gasteiger partial charge in [-0.15, -0.1) is 0 Å². The third-order valence-corrected chi connectivity index (χ3v) is 10.2. The van der Waals surface area contributed by atoms with Crippen molar-refractivity contribution in [3.05, 3.63) is 12.2 Å². The van der Waals surface area contributed by atoms with E-state index >= 15 is 0 Å². The Kier molecular flexibility index (Phi) is 12.5. The Hall–Kier alpha value is -1.15. The molecule has 11 heteroatoms. The Labute approximate surface area is 264 Å². The van der Waals surface area contributed by atoms with Crippen molar-refractivity contribution in [2.45, 2.75) is 141 Å². The molecule has 2 bridgehead atoms. The van der Waals surface area contributed by atoms with E-state index in [0.717, 1.165) is 5.57 Å². The zero-order valence-corrected chi connectivity index (χ0v) is 28.6. The number of hydrogen-bond acceptors (Lipinski definition) is 11. The summed E-state index contributed by atoms with van der Waals surface area (Å²) in [6, 6.07) is -0.400. The molecule has 1 unspecified atom stereocenters. The van der Waals surface area contributed by atoms with Crippen molar-refractivity contribution < 1.29 is 44.2 Å². The summed E-state index contributed by atoms with van der Waals surface area (Å²) >= 11 is 0. The second-order valence-electron chi connectivity index (χ2n) is 14.6. The van der Waals surface area contributed by atoms with Crippen molar-refractivity contribution in [3.8, 4) is 0 Å². The number of fused-ring (bicyclic) bond motifs is 3. The van der Waals surface area contributed by atoms with Crippen LogP contribution in [0.5, 0.6) is 0 Å². The number of aliphatic hydroxyl groups excluding tert-OH is 2. The second-order valence-corrected chi connectivity index (χ2v) is 14.6. The van der Waals surface area contributed by atoms with Gasteiger partial charge < -0.3 is 44.3 Å². The number of ether oxygens (including phenoxy) is 4. The minimum absolute atomic E-state index is 0.160. The first-order chi connectivity index (χ1) is 20.3. The summed E-state index contributed by atoms with van der Waals surface area (Å²) in [6.45, 7) is 19.9. The molecule has 11 nitrogen and oxygen atoms in total. The normalized spacial score (nSPS) is 48.7. The van der Waals surface area contributed by atoms with E-state index in [1.54, 1.807) is 27.7 Å². The summed E-state index contributed by atoms with van der Waals surface area (Å²) in [5.41, 5.74) is -2.20. The number of esters is 1. The molecule has 44 heavy (non-hydrogen) atoms. The van der Waals surface area contributed by atoms with Crippen molar-refractivity contribution in [3.63, 3.8) is 0 Å². The number of aliphatic hydroxyl groups is 4. The van der Waals surface area contributed by atoms with Gasteiger partial charge in [-0.1, -0.05) is 27.4 Å². The average Bonchev–Trinajstić information content (AvgIpc) is 2.92. The number of hydrogen-bond donors (Lipinski definition) is 4. The van der Waals surface area contributed by atoms with E-state index in [1.165, 1.54) is 0 Å². The Morgan fingerprint density at radius 2 is 1.73 bits per heavy atom. The molecule has 0 aromatic rings. The molecular weight excluding hydrogens is 568 g/mol. The number of cyclic esters (lactones) is 1. The highest BCUT2D eigenvalue weighted by molar-refractivity contribution is 5.73. The lowest BCUT2D eigenvalue weighted by Gasteiger charge is -2.47. The summed E-state index contributed by atoms with van der Waals surface area (Å²) in [5, 5.41) is 46.9. The minimum Gasteiger partial charge on any atom is -0.459 e. The maximum atomic E-state index is 13.5. The summed E-state index contributed by atoms with van der Waals surface area (Å²) in [5.74, 6) is -2.61. The molecule has 0 aromatic carbocycles. The Morgan fingerprint density at radius 3 is 2.32 bits per heavy atom. The molecule has 0 radical (unpaired) electrons. The van der Waals surface area contributed by atoms with Crippen LogP contribution < -0.4 is 0 Å². The number of carbonyl (C=O) groups is 1. The third kappa shape index (κ3) is 8.22. The topological polar surface area (TPSA) is 141 Å². The minimum atomic E-state index is -1.52. The molecule has 0 aromatic heterocycles. The van der Waals surface area contributed by atoms with Crippen LogP contribution in [0.15, 0.2) is 12.2 Å². The van der Waals surface area contributed by atoms with Crippen LogP contribution >= 0.6 is 0 Å². The van der Waals surface area contributed by atoms with E-state index in [9.17, 15) is 25.2 Å². The maximum Gasteiger partial charge on any atom is 0.311 e. The quantitative estimate of drug-likeness (QED) is 0.268. The lowest BCUT2D eigenvalue weighted by Crippen LogP contribution is -2.59. The standard InChI is InChI=1S/C33H60N2O9/c1-12-25-33(9,40)28-19(3)16-35(15-18(2)17-41-28)20(4)14-32(8,39)29(22(6)26(36)23(7)30(38)43-25)44-31-27(37)24(34(10)11)13-21(5)42-31/h19-29,31,36-37,39-40H,2,12-17H2,1,3-11H3/t19-,20+,21+,22-,23+,24-,25+,26-,27+,28+,29+,31-,32+,33+/m0/s1. The van der Waals surface area contributed by atoms with Crippen LogP contribution in [0.1, 0.15) is 74.7 Å². The predicted octanol–water partition coefficient (Wildman–Crippen LogP) is 1.94. The van der Waals surface area contributed by atoms with Gasteiger partial charge in [0.15, 0.2) is 6.29 Å². The lowest BCUT2D eigenvalue weighted by molar-refractivity contribution is -0.299. The molecular formula is C33H60N2O9. The van der Waals surface area contributed by atoms with Crippen LogP contribution in [0, 0.1) is 17.8 Å². The van der Waals surface area contributed by atoms with E-state index in [4.69, 9.17) is 18.9 Å². The van der Waals surface area contributed by atoms with Crippen LogP contribution in [-0.2, 0) is 23.7 Å². The largest absolute Gasteiger partial charge is 0.459 e. The van der Waals surface area contributed by atoms with Crippen molar-refractivity contribution in [1.29, 1.82) is 0 Å². The van der Waals surface area contributed by atoms with Gasteiger partial charge in [0.05, 0.1) is 42.5 Å². The van der Waals surface area contributed by atoms with Gasteiger partial charge in [-0.05, 0) is 79.5 Å². The molecule has 15 atom stereocenters. The van der Waals surface area contributed by atoms with E-state index < -0.39 is 65.8 Å². The smallest absolute Gasteiger partial charge is 0.311 e. The molecule has 0 amide bonds. The van der Waals surface area contributed by atoms with Gasteiger partial charge in [0.25, 0.3) is 0 Å². The number of carbonyl (C=O) groups excluding carboxylic acids is 1. The molecule has 4 N–H and O–H groups in total. The maximum absolute atomic E-state index is 13.5. The molecule has 0 saturated carbocycles. The third-order valence-electron chi connectivity index (χ3n) is 10.2. The first-order valence-corrected chi connectivity index (χ1v) is 16.3. The monoisotopic (exact) mass is 628 g/mol. The van der Waals surface area contributed by atoms with Gasteiger partial charge in [0, 0.05) is 31.1 Å².